The number of nitrogens with two attached hydrogens (primary N) is 1. The van der Waals surface area contributed by atoms with Gasteiger partial charge >= 0.3 is 0 Å². The van der Waals surface area contributed by atoms with Crippen molar-refractivity contribution in [3.8, 4) is 6.07 Å². The number of nitrogen functional groups attached to an aromatic ring is 1. The molecule has 0 heterocycles. The standard InChI is InChI=1S/C15H18N2.C3H6/c1-3-5-7-13(6-4-2)14-10-12(11-16)8-9-15(14)17;1-3-2/h4,6-10H,3,5,17H2,1-2H3;3H,1H2,2H3/b6-4-,13-7+;. The summed E-state index contributed by atoms with van der Waals surface area (Å²) in [5, 5.41) is 8.91. The zero-order chi connectivity index (χ0) is 15.4. The first-order chi connectivity index (χ1) is 9.64. The maximum atomic E-state index is 8.91. The van der Waals surface area contributed by atoms with E-state index < -0.39 is 0 Å². The second kappa shape index (κ2) is 10.6. The molecule has 0 saturated carbocycles. The third-order valence-electron chi connectivity index (χ3n) is 2.49. The lowest BCUT2D eigenvalue weighted by Crippen LogP contribution is -1.94. The average molecular weight is 268 g/mol. The van der Waals surface area contributed by atoms with E-state index in [1.54, 1.807) is 18.2 Å². The highest BCUT2D eigenvalue weighted by Crippen LogP contribution is 2.24. The predicted octanol–water partition coefficient (Wildman–Crippen LogP) is 5.09. The first-order valence-electron chi connectivity index (χ1n) is 6.84. The molecule has 2 nitrogen and oxygen atoms in total. The van der Waals surface area contributed by atoms with Crippen molar-refractivity contribution in [2.45, 2.75) is 33.6 Å². The zero-order valence-corrected chi connectivity index (χ0v) is 12.7. The summed E-state index contributed by atoms with van der Waals surface area (Å²) in [6.45, 7) is 9.36. The van der Waals surface area contributed by atoms with Gasteiger partial charge in [-0.25, -0.2) is 0 Å². The summed E-state index contributed by atoms with van der Waals surface area (Å²) in [6, 6.07) is 7.52. The molecule has 2 heteroatoms. The minimum absolute atomic E-state index is 0.640. The van der Waals surface area contributed by atoms with Crippen LogP contribution in [-0.2, 0) is 0 Å². The van der Waals surface area contributed by atoms with Gasteiger partial charge in [-0.2, -0.15) is 5.26 Å². The lowest BCUT2D eigenvalue weighted by Gasteiger charge is -2.07. The van der Waals surface area contributed by atoms with Crippen LogP contribution in [0.1, 0.15) is 44.7 Å². The van der Waals surface area contributed by atoms with Gasteiger partial charge in [0.25, 0.3) is 0 Å². The molecule has 0 aliphatic rings. The number of nitriles is 1. The number of hydrogen-bond donors (Lipinski definition) is 1. The van der Waals surface area contributed by atoms with Gasteiger partial charge in [-0.05, 0) is 44.0 Å². The number of unbranched alkanes of at least 4 members (excludes halogenated alkanes) is 1. The van der Waals surface area contributed by atoms with Crippen molar-refractivity contribution in [2.75, 3.05) is 5.73 Å². The lowest BCUT2D eigenvalue weighted by molar-refractivity contribution is 0.960. The molecule has 1 rings (SSSR count). The van der Waals surface area contributed by atoms with Crippen molar-refractivity contribution in [1.29, 1.82) is 5.26 Å². The summed E-state index contributed by atoms with van der Waals surface area (Å²) in [5.74, 6) is 0. The highest BCUT2D eigenvalue weighted by atomic mass is 14.6. The largest absolute Gasteiger partial charge is 0.398 e. The normalized spacial score (nSPS) is 10.6. The van der Waals surface area contributed by atoms with Gasteiger partial charge in [0.1, 0.15) is 0 Å². The van der Waals surface area contributed by atoms with Gasteiger partial charge in [-0.15, -0.1) is 6.58 Å². The molecule has 1 aromatic carbocycles. The zero-order valence-electron chi connectivity index (χ0n) is 12.7. The maximum absolute atomic E-state index is 8.91. The fourth-order valence-electron chi connectivity index (χ4n) is 1.62. The molecule has 0 spiro atoms. The number of rotatable bonds is 4. The highest BCUT2D eigenvalue weighted by Gasteiger charge is 2.04. The quantitative estimate of drug-likeness (QED) is 0.469. The van der Waals surface area contributed by atoms with Crippen molar-refractivity contribution < 1.29 is 0 Å². The summed E-state index contributed by atoms with van der Waals surface area (Å²) >= 11 is 0. The van der Waals surface area contributed by atoms with Crippen LogP contribution in [0.25, 0.3) is 5.57 Å². The van der Waals surface area contributed by atoms with Crippen LogP contribution in [0.4, 0.5) is 5.69 Å². The molecule has 2 N–H and O–H groups in total. The third-order valence-corrected chi connectivity index (χ3v) is 2.49. The van der Waals surface area contributed by atoms with E-state index in [9.17, 15) is 0 Å². The molecule has 0 aliphatic carbocycles. The van der Waals surface area contributed by atoms with Crippen LogP contribution in [0, 0.1) is 11.3 Å². The van der Waals surface area contributed by atoms with E-state index in [1.807, 2.05) is 32.1 Å². The van der Waals surface area contributed by atoms with Crippen LogP contribution in [-0.4, -0.2) is 0 Å². The topological polar surface area (TPSA) is 49.8 Å². The van der Waals surface area contributed by atoms with Gasteiger partial charge in [0, 0.05) is 11.3 Å². The Morgan fingerprint density at radius 1 is 1.40 bits per heavy atom. The number of hydrogen-bond acceptors (Lipinski definition) is 2. The SMILES string of the molecule is C/C=C\C(=C/CCC)c1cc(C#N)ccc1N.C=CC. The highest BCUT2D eigenvalue weighted by molar-refractivity contribution is 5.81. The maximum Gasteiger partial charge on any atom is 0.0991 e. The number of anilines is 1. The Labute approximate surface area is 122 Å². The fraction of sp³-hybridized carbons (Fsp3) is 0.278. The lowest BCUT2D eigenvalue weighted by atomic mass is 9.99. The van der Waals surface area contributed by atoms with E-state index in [1.165, 1.54) is 0 Å². The predicted molar refractivity (Wildman–Crippen MR) is 89.1 cm³/mol. The summed E-state index contributed by atoms with van der Waals surface area (Å²) in [7, 11) is 0. The molecule has 0 aliphatic heterocycles. The van der Waals surface area contributed by atoms with Crippen LogP contribution in [0.5, 0.6) is 0 Å². The first-order valence-corrected chi connectivity index (χ1v) is 6.84. The van der Waals surface area contributed by atoms with E-state index in [2.05, 4.69) is 25.6 Å². The number of allylic oxidation sites excluding steroid dienone is 5. The van der Waals surface area contributed by atoms with Crippen molar-refractivity contribution in [2.24, 2.45) is 0 Å². The molecule has 0 aromatic heterocycles. The van der Waals surface area contributed by atoms with Crippen LogP contribution in [0.3, 0.4) is 0 Å². The van der Waals surface area contributed by atoms with Crippen molar-refractivity contribution in [1.82, 2.24) is 0 Å². The first kappa shape index (κ1) is 17.7. The van der Waals surface area contributed by atoms with Crippen LogP contribution < -0.4 is 5.73 Å². The molecule has 0 radical (unpaired) electrons. The van der Waals surface area contributed by atoms with Gasteiger partial charge in [0.05, 0.1) is 11.6 Å². The van der Waals surface area contributed by atoms with E-state index >= 15 is 0 Å². The van der Waals surface area contributed by atoms with E-state index in [0.29, 0.717) is 11.3 Å². The Hall–Kier alpha value is -2.27. The molecule has 0 fully saturated rings. The molecule has 0 atom stereocenters. The van der Waals surface area contributed by atoms with Gasteiger partial charge < -0.3 is 5.73 Å². The minimum atomic E-state index is 0.640. The molecule has 0 saturated heterocycles. The monoisotopic (exact) mass is 268 g/mol. The number of benzene rings is 1. The smallest absolute Gasteiger partial charge is 0.0991 e. The Kier molecular flexibility index (Phi) is 9.43. The van der Waals surface area contributed by atoms with Crippen molar-refractivity contribution in [3.05, 3.63) is 60.2 Å². The Bertz CT molecular complexity index is 517. The summed E-state index contributed by atoms with van der Waals surface area (Å²) in [6.07, 6.45) is 10.0. The van der Waals surface area contributed by atoms with Gasteiger partial charge in [-0.1, -0.05) is 37.6 Å². The summed E-state index contributed by atoms with van der Waals surface area (Å²) in [5.41, 5.74) is 9.34. The molecule has 0 bridgehead atoms. The molecule has 0 amide bonds. The third kappa shape index (κ3) is 6.06. The Morgan fingerprint density at radius 3 is 2.55 bits per heavy atom. The van der Waals surface area contributed by atoms with Gasteiger partial charge in [-0.3, -0.25) is 0 Å². The van der Waals surface area contributed by atoms with Gasteiger partial charge in [0.15, 0.2) is 0 Å². The minimum Gasteiger partial charge on any atom is -0.398 e. The molecular weight excluding hydrogens is 244 g/mol. The Balaban J connectivity index is 0.00000110. The molecule has 20 heavy (non-hydrogen) atoms. The average Bonchev–Trinajstić information content (AvgIpc) is 2.45. The van der Waals surface area contributed by atoms with Gasteiger partial charge in [0.2, 0.25) is 0 Å². The fourth-order valence-corrected chi connectivity index (χ4v) is 1.62. The second-order valence-corrected chi connectivity index (χ2v) is 4.27. The molecule has 1 aromatic rings. The van der Waals surface area contributed by atoms with Crippen LogP contribution in [0.15, 0.2) is 49.1 Å². The molecule has 0 unspecified atom stereocenters. The van der Waals surface area contributed by atoms with E-state index in [4.69, 9.17) is 11.0 Å². The Morgan fingerprint density at radius 2 is 2.05 bits per heavy atom. The van der Waals surface area contributed by atoms with Crippen LogP contribution in [0.2, 0.25) is 0 Å². The van der Waals surface area contributed by atoms with E-state index in [0.717, 1.165) is 24.0 Å². The van der Waals surface area contributed by atoms with Crippen molar-refractivity contribution >= 4 is 11.3 Å². The molecule has 106 valence electrons. The summed E-state index contributed by atoms with van der Waals surface area (Å²) in [4.78, 5) is 0. The van der Waals surface area contributed by atoms with E-state index in [-0.39, 0.29) is 0 Å². The van der Waals surface area contributed by atoms with Crippen LogP contribution >= 0.6 is 0 Å². The second-order valence-electron chi connectivity index (χ2n) is 4.27. The summed E-state index contributed by atoms with van der Waals surface area (Å²) < 4.78 is 0. The van der Waals surface area contributed by atoms with Crippen molar-refractivity contribution in [3.63, 3.8) is 0 Å². The molecular formula is C18H24N2. The number of nitrogens with zero attached hydrogens (tertiary/aromatic N) is 1.